The molecule has 1 aromatic carbocycles. The molecule has 0 fully saturated rings. The van der Waals surface area contributed by atoms with Gasteiger partial charge in [0.25, 0.3) is 0 Å². The summed E-state index contributed by atoms with van der Waals surface area (Å²) in [6.07, 6.45) is -1.04. The Kier molecular flexibility index (Phi) is 6.47. The van der Waals surface area contributed by atoms with Crippen LogP contribution in [0.2, 0.25) is 5.02 Å². The van der Waals surface area contributed by atoms with Crippen molar-refractivity contribution in [3.05, 3.63) is 34.5 Å². The normalized spacial score (nSPS) is 12.1. The Morgan fingerprint density at radius 3 is 2.33 bits per heavy atom. The van der Waals surface area contributed by atoms with Crippen LogP contribution in [0.25, 0.3) is 5.69 Å². The van der Waals surface area contributed by atoms with Gasteiger partial charge in [-0.1, -0.05) is 67.2 Å². The predicted octanol–water partition coefficient (Wildman–Crippen LogP) is 5.20. The van der Waals surface area contributed by atoms with Crippen LogP contribution < -0.4 is 15.2 Å². The highest BCUT2D eigenvalue weighted by Gasteiger charge is 2.34. The molecular weight excluding hydrogens is 436 g/mol. The quantitative estimate of drug-likeness (QED) is 0.643. The molecule has 27 heavy (non-hydrogen) atoms. The second-order valence-electron chi connectivity index (χ2n) is 6.83. The lowest BCUT2D eigenvalue weighted by atomic mass is 9.89. The molecule has 2 N–H and O–H groups in total. The Bertz CT molecular complexity index is 854. The van der Waals surface area contributed by atoms with Gasteiger partial charge in [-0.25, -0.2) is 4.79 Å². The number of carbonyl (C=O) groups excluding carboxylic acids is 1. The fourth-order valence-electron chi connectivity index (χ4n) is 2.56. The lowest BCUT2D eigenvalue weighted by Crippen LogP contribution is -2.21. The molecule has 2 rings (SSSR count). The van der Waals surface area contributed by atoms with Crippen LogP contribution in [0.15, 0.2) is 18.2 Å². The number of alkyl halides is 3. The van der Waals surface area contributed by atoms with Gasteiger partial charge in [-0.05, 0) is 18.2 Å². The zero-order valence-electron chi connectivity index (χ0n) is 15.1. The van der Waals surface area contributed by atoms with Gasteiger partial charge >= 0.3 is 6.09 Å². The number of hydrogen-bond acceptors (Lipinski definition) is 4. The van der Waals surface area contributed by atoms with Gasteiger partial charge in [-0.15, -0.1) is 0 Å². The molecule has 0 aliphatic heterocycles. The first-order valence-corrected chi connectivity index (χ1v) is 9.35. The van der Waals surface area contributed by atoms with E-state index in [-0.39, 0.29) is 12.3 Å². The van der Waals surface area contributed by atoms with Gasteiger partial charge in [0.1, 0.15) is 5.75 Å². The van der Waals surface area contributed by atoms with Crippen LogP contribution in [0.1, 0.15) is 32.0 Å². The van der Waals surface area contributed by atoms with Gasteiger partial charge < -0.3 is 15.2 Å². The Hall–Kier alpha value is -1.34. The molecule has 0 saturated carbocycles. The first-order valence-electron chi connectivity index (χ1n) is 7.84. The van der Waals surface area contributed by atoms with Gasteiger partial charge in [0, 0.05) is 17.4 Å². The Morgan fingerprint density at radius 2 is 1.89 bits per heavy atom. The minimum absolute atomic E-state index is 0.0310. The van der Waals surface area contributed by atoms with Crippen LogP contribution >= 0.6 is 46.4 Å². The third kappa shape index (κ3) is 5.35. The standard InChI is InChI=1S/C17H19Cl4N3O3/c1-16(2,3)13-10(8-17(19,20)21)14(27-15(22)25)24(23-13)9-5-6-12(26-4)11(18)7-9/h5-7H,8H2,1-4H3,(H2,22,25). The molecule has 0 atom stereocenters. The van der Waals surface area contributed by atoms with E-state index in [0.29, 0.717) is 27.7 Å². The van der Waals surface area contributed by atoms with E-state index in [9.17, 15) is 4.79 Å². The predicted molar refractivity (Wildman–Crippen MR) is 108 cm³/mol. The zero-order chi connectivity index (χ0) is 20.6. The highest BCUT2D eigenvalue weighted by molar-refractivity contribution is 6.67. The Labute approximate surface area is 177 Å². The first kappa shape index (κ1) is 22.0. The van der Waals surface area contributed by atoms with Gasteiger partial charge in [-0.3, -0.25) is 0 Å². The minimum Gasteiger partial charge on any atom is -0.495 e. The van der Waals surface area contributed by atoms with Crippen LogP contribution in [-0.2, 0) is 11.8 Å². The monoisotopic (exact) mass is 453 g/mol. The Balaban J connectivity index is 2.76. The van der Waals surface area contributed by atoms with Crippen LogP contribution in [-0.4, -0.2) is 26.8 Å². The fourth-order valence-corrected chi connectivity index (χ4v) is 3.21. The topological polar surface area (TPSA) is 79.4 Å². The summed E-state index contributed by atoms with van der Waals surface area (Å²) in [6.45, 7) is 5.82. The summed E-state index contributed by atoms with van der Waals surface area (Å²) in [7, 11) is 1.51. The molecule has 1 heterocycles. The van der Waals surface area contributed by atoms with Crippen molar-refractivity contribution in [2.75, 3.05) is 7.11 Å². The van der Waals surface area contributed by atoms with Crippen molar-refractivity contribution in [1.29, 1.82) is 0 Å². The second kappa shape index (κ2) is 7.95. The molecule has 0 aliphatic carbocycles. The van der Waals surface area contributed by atoms with Crippen LogP contribution in [0.3, 0.4) is 0 Å². The summed E-state index contributed by atoms with van der Waals surface area (Å²) in [5, 5.41) is 4.95. The summed E-state index contributed by atoms with van der Waals surface area (Å²) >= 11 is 24.2. The first-order chi connectivity index (χ1) is 12.3. The number of carbonyl (C=O) groups is 1. The summed E-state index contributed by atoms with van der Waals surface area (Å²) in [5.74, 6) is 0.558. The number of primary amides is 1. The number of rotatable bonds is 4. The van der Waals surface area contributed by atoms with Crippen molar-refractivity contribution in [2.45, 2.75) is 36.4 Å². The lowest BCUT2D eigenvalue weighted by molar-refractivity contribution is 0.207. The van der Waals surface area contributed by atoms with Crippen molar-refractivity contribution in [2.24, 2.45) is 5.73 Å². The summed E-state index contributed by atoms with van der Waals surface area (Å²) < 4.78 is 10.2. The van der Waals surface area contributed by atoms with E-state index in [1.165, 1.54) is 11.8 Å². The van der Waals surface area contributed by atoms with E-state index in [1.807, 2.05) is 20.8 Å². The number of halogens is 4. The van der Waals surface area contributed by atoms with Crippen molar-refractivity contribution in [3.63, 3.8) is 0 Å². The molecule has 2 aromatic rings. The largest absolute Gasteiger partial charge is 0.495 e. The van der Waals surface area contributed by atoms with Crippen molar-refractivity contribution in [1.82, 2.24) is 9.78 Å². The van der Waals surface area contributed by atoms with Crippen molar-refractivity contribution < 1.29 is 14.3 Å². The average Bonchev–Trinajstić information content (AvgIpc) is 2.83. The molecule has 1 aromatic heterocycles. The molecule has 0 saturated heterocycles. The highest BCUT2D eigenvalue weighted by atomic mass is 35.6. The van der Waals surface area contributed by atoms with E-state index >= 15 is 0 Å². The van der Waals surface area contributed by atoms with E-state index < -0.39 is 15.3 Å². The second-order valence-corrected chi connectivity index (χ2v) is 9.75. The van der Waals surface area contributed by atoms with E-state index in [1.54, 1.807) is 18.2 Å². The number of hydrogen-bond donors (Lipinski definition) is 1. The number of nitrogens with zero attached hydrogens (tertiary/aromatic N) is 2. The van der Waals surface area contributed by atoms with Crippen molar-refractivity contribution in [3.8, 4) is 17.3 Å². The number of methoxy groups -OCH3 is 1. The number of benzene rings is 1. The fraction of sp³-hybridized carbons (Fsp3) is 0.412. The summed E-state index contributed by atoms with van der Waals surface area (Å²) in [4.78, 5) is 11.5. The molecule has 148 valence electrons. The molecule has 0 spiro atoms. The molecule has 10 heteroatoms. The summed E-state index contributed by atoms with van der Waals surface area (Å²) in [6, 6.07) is 4.99. The van der Waals surface area contributed by atoms with E-state index in [0.717, 1.165) is 0 Å². The van der Waals surface area contributed by atoms with Gasteiger partial charge in [-0.2, -0.15) is 9.78 Å². The molecule has 0 bridgehead atoms. The van der Waals surface area contributed by atoms with Crippen LogP contribution in [0.5, 0.6) is 11.6 Å². The van der Waals surface area contributed by atoms with Crippen LogP contribution in [0.4, 0.5) is 4.79 Å². The third-order valence-corrected chi connectivity index (χ3v) is 4.30. The minimum atomic E-state index is -1.62. The number of amides is 1. The third-order valence-electron chi connectivity index (χ3n) is 3.60. The SMILES string of the molecule is COc1ccc(-n2nc(C(C)(C)C)c(CC(Cl)(Cl)Cl)c2OC(N)=O)cc1Cl. The molecule has 6 nitrogen and oxygen atoms in total. The van der Waals surface area contributed by atoms with Gasteiger partial charge in [0.2, 0.25) is 5.88 Å². The van der Waals surface area contributed by atoms with E-state index in [2.05, 4.69) is 5.10 Å². The highest BCUT2D eigenvalue weighted by Crippen LogP contribution is 2.40. The zero-order valence-corrected chi connectivity index (χ0v) is 18.2. The smallest absolute Gasteiger partial charge is 0.411 e. The average molecular weight is 455 g/mol. The summed E-state index contributed by atoms with van der Waals surface area (Å²) in [5.41, 5.74) is 6.41. The Morgan fingerprint density at radius 1 is 1.26 bits per heavy atom. The maximum absolute atomic E-state index is 11.5. The molecule has 0 aliphatic rings. The number of aromatic nitrogens is 2. The molecule has 0 radical (unpaired) electrons. The van der Waals surface area contributed by atoms with Crippen LogP contribution in [0, 0.1) is 0 Å². The molecule has 0 unspecified atom stereocenters. The maximum atomic E-state index is 11.5. The van der Waals surface area contributed by atoms with Crippen molar-refractivity contribution >= 4 is 52.5 Å². The molecule has 1 amide bonds. The maximum Gasteiger partial charge on any atom is 0.411 e. The number of nitrogens with two attached hydrogens (primary N) is 1. The number of ether oxygens (including phenoxy) is 2. The molecular formula is C17H19Cl4N3O3. The van der Waals surface area contributed by atoms with Gasteiger partial charge in [0.05, 0.1) is 23.5 Å². The lowest BCUT2D eigenvalue weighted by Gasteiger charge is -2.19. The van der Waals surface area contributed by atoms with Gasteiger partial charge in [0.15, 0.2) is 3.79 Å². The van der Waals surface area contributed by atoms with E-state index in [4.69, 9.17) is 61.6 Å².